The van der Waals surface area contributed by atoms with Crippen LogP contribution in [0.3, 0.4) is 0 Å². The summed E-state index contributed by atoms with van der Waals surface area (Å²) in [7, 11) is 3.56. The van der Waals surface area contributed by atoms with E-state index in [-0.39, 0.29) is 24.0 Å². The van der Waals surface area contributed by atoms with Gasteiger partial charge in [0.2, 0.25) is 17.7 Å². The number of allylic oxidation sites excluding steroid dienone is 1. The van der Waals surface area contributed by atoms with Crippen molar-refractivity contribution in [2.75, 3.05) is 33.9 Å². The highest BCUT2D eigenvalue weighted by atomic mass is 16.6. The summed E-state index contributed by atoms with van der Waals surface area (Å²) >= 11 is 0. The van der Waals surface area contributed by atoms with Crippen molar-refractivity contribution in [1.82, 2.24) is 20.9 Å². The monoisotopic (exact) mass is 568 g/mol. The summed E-state index contributed by atoms with van der Waals surface area (Å²) in [6, 6.07) is 4.70. The average molecular weight is 569 g/mol. The third-order valence-electron chi connectivity index (χ3n) is 8.31. The van der Waals surface area contributed by atoms with E-state index in [0.29, 0.717) is 25.3 Å². The second kappa shape index (κ2) is 13.6. The Balaban J connectivity index is 1.46. The number of ether oxygens (including phenoxy) is 2. The van der Waals surface area contributed by atoms with E-state index in [4.69, 9.17) is 9.47 Å². The first-order valence-corrected chi connectivity index (χ1v) is 14.7. The molecule has 3 amide bonds. The van der Waals surface area contributed by atoms with E-state index in [0.717, 1.165) is 49.8 Å². The van der Waals surface area contributed by atoms with E-state index in [2.05, 4.69) is 26.9 Å². The van der Waals surface area contributed by atoms with Gasteiger partial charge in [0.05, 0.1) is 25.7 Å². The number of rotatable bonds is 13. The molecular weight excluding hydrogens is 524 g/mol. The van der Waals surface area contributed by atoms with Crippen LogP contribution in [0.15, 0.2) is 35.9 Å². The summed E-state index contributed by atoms with van der Waals surface area (Å²) in [6.45, 7) is 5.29. The number of amides is 3. The van der Waals surface area contributed by atoms with E-state index in [1.807, 2.05) is 19.2 Å². The number of piperidine rings is 1. The molecule has 1 aromatic carbocycles. The van der Waals surface area contributed by atoms with Gasteiger partial charge in [-0.1, -0.05) is 23.8 Å². The average Bonchev–Trinajstić information content (AvgIpc) is 3.50. The molecule has 5 unspecified atom stereocenters. The number of Topliss-reactive ketones (excluding diaryl/α,β-unsaturated/α-hetero) is 1. The molecule has 1 aliphatic carbocycles. The van der Waals surface area contributed by atoms with E-state index in [1.165, 1.54) is 0 Å². The number of likely N-dealkylation sites (tertiary alicyclic amines) is 1. The Morgan fingerprint density at radius 1 is 1.05 bits per heavy atom. The van der Waals surface area contributed by atoms with Crippen LogP contribution in [0.25, 0.3) is 0 Å². The maximum atomic E-state index is 13.7. The lowest BCUT2D eigenvalue weighted by Gasteiger charge is -2.30. The molecule has 10 heteroatoms. The maximum absolute atomic E-state index is 13.7. The molecule has 2 heterocycles. The second-order valence-corrected chi connectivity index (χ2v) is 11.8. The van der Waals surface area contributed by atoms with Crippen molar-refractivity contribution in [2.45, 2.75) is 82.5 Å². The van der Waals surface area contributed by atoms with Crippen LogP contribution < -0.4 is 20.7 Å². The highest BCUT2D eigenvalue weighted by Crippen LogP contribution is 2.31. The van der Waals surface area contributed by atoms with Crippen molar-refractivity contribution in [3.63, 3.8) is 0 Å². The van der Waals surface area contributed by atoms with Crippen LogP contribution in [0.2, 0.25) is 0 Å². The molecule has 0 spiro atoms. The maximum Gasteiger partial charge on any atom is 0.243 e. The zero-order valence-electron chi connectivity index (χ0n) is 24.7. The van der Waals surface area contributed by atoms with E-state index >= 15 is 0 Å². The highest BCUT2D eigenvalue weighted by molar-refractivity contribution is 5.98. The number of ketones is 1. The molecule has 3 aliphatic rings. The quantitative estimate of drug-likeness (QED) is 0.245. The summed E-state index contributed by atoms with van der Waals surface area (Å²) < 4.78 is 10.7. The second-order valence-electron chi connectivity index (χ2n) is 11.8. The summed E-state index contributed by atoms with van der Waals surface area (Å²) in [5.74, 6) is -0.741. The van der Waals surface area contributed by atoms with Gasteiger partial charge in [-0.3, -0.25) is 19.2 Å². The molecule has 41 heavy (non-hydrogen) atoms. The lowest BCUT2D eigenvalue weighted by atomic mass is 9.94. The minimum Gasteiger partial charge on any atom is -0.497 e. The zero-order chi connectivity index (χ0) is 29.6. The number of nitrogens with zero attached hydrogens (tertiary/aromatic N) is 1. The van der Waals surface area contributed by atoms with Crippen molar-refractivity contribution in [2.24, 2.45) is 5.92 Å². The molecule has 2 fully saturated rings. The molecule has 3 N–H and O–H groups in total. The van der Waals surface area contributed by atoms with Crippen LogP contribution in [0.5, 0.6) is 5.75 Å². The van der Waals surface area contributed by atoms with Gasteiger partial charge in [0.25, 0.3) is 0 Å². The van der Waals surface area contributed by atoms with Gasteiger partial charge < -0.3 is 30.3 Å². The van der Waals surface area contributed by atoms with Gasteiger partial charge in [0.1, 0.15) is 23.4 Å². The van der Waals surface area contributed by atoms with Gasteiger partial charge in [-0.2, -0.15) is 0 Å². The van der Waals surface area contributed by atoms with E-state index in [9.17, 15) is 19.2 Å². The topological polar surface area (TPSA) is 129 Å². The molecule has 4 rings (SSSR count). The fourth-order valence-corrected chi connectivity index (χ4v) is 5.57. The minimum absolute atomic E-state index is 0.161. The van der Waals surface area contributed by atoms with Gasteiger partial charge in [0.15, 0.2) is 5.78 Å². The largest absolute Gasteiger partial charge is 0.497 e. The van der Waals surface area contributed by atoms with Crippen LogP contribution in [0, 0.1) is 5.92 Å². The Morgan fingerprint density at radius 2 is 1.76 bits per heavy atom. The van der Waals surface area contributed by atoms with Crippen LogP contribution >= 0.6 is 0 Å². The van der Waals surface area contributed by atoms with Crippen molar-refractivity contribution < 1.29 is 28.7 Å². The number of carbonyl (C=O) groups is 4. The lowest BCUT2D eigenvalue weighted by Crippen LogP contribution is -2.57. The summed E-state index contributed by atoms with van der Waals surface area (Å²) in [5.41, 5.74) is 1.07. The summed E-state index contributed by atoms with van der Waals surface area (Å²) in [4.78, 5) is 55.3. The Morgan fingerprint density at radius 3 is 2.37 bits per heavy atom. The van der Waals surface area contributed by atoms with Crippen molar-refractivity contribution in [1.29, 1.82) is 0 Å². The zero-order valence-corrected chi connectivity index (χ0v) is 24.7. The van der Waals surface area contributed by atoms with Crippen molar-refractivity contribution in [3.05, 3.63) is 41.5 Å². The number of nitrogens with one attached hydrogen (secondary N) is 3. The smallest absolute Gasteiger partial charge is 0.243 e. The van der Waals surface area contributed by atoms with Crippen LogP contribution in [0.4, 0.5) is 0 Å². The molecule has 0 bridgehead atoms. The summed E-state index contributed by atoms with van der Waals surface area (Å²) in [5, 5.41) is 8.60. The number of epoxide rings is 1. The van der Waals surface area contributed by atoms with Crippen molar-refractivity contribution in [3.8, 4) is 5.75 Å². The SMILES string of the molecule is COc1ccc(CC(NC(=O)C(C)NC(=O)C2CCCN(C)C2)C(=O)NC(CC2=CCCC2)C(=O)C2(C)CO2)cc1. The molecule has 1 aromatic rings. The fourth-order valence-electron chi connectivity index (χ4n) is 5.57. The van der Waals surface area contributed by atoms with Crippen LogP contribution in [-0.4, -0.2) is 86.0 Å². The van der Waals surface area contributed by atoms with Gasteiger partial charge in [-0.05, 0) is 83.7 Å². The fraction of sp³-hybridized carbons (Fsp3) is 0.613. The Labute approximate surface area is 242 Å². The van der Waals surface area contributed by atoms with Gasteiger partial charge >= 0.3 is 0 Å². The molecule has 0 aromatic heterocycles. The number of benzene rings is 1. The lowest BCUT2D eigenvalue weighted by molar-refractivity contribution is -0.134. The normalized spacial score (nSPS) is 24.4. The van der Waals surface area contributed by atoms with Gasteiger partial charge in [-0.15, -0.1) is 0 Å². The summed E-state index contributed by atoms with van der Waals surface area (Å²) in [6.07, 6.45) is 7.37. The van der Waals surface area contributed by atoms with Gasteiger partial charge in [0, 0.05) is 13.0 Å². The first-order valence-electron chi connectivity index (χ1n) is 14.7. The third kappa shape index (κ3) is 8.39. The first kappa shape index (κ1) is 30.7. The van der Waals surface area contributed by atoms with E-state index < -0.39 is 35.5 Å². The van der Waals surface area contributed by atoms with Crippen LogP contribution in [-0.2, 0) is 30.3 Å². The number of hydrogen-bond acceptors (Lipinski definition) is 7. The minimum atomic E-state index is -0.961. The molecule has 0 radical (unpaired) electrons. The standard InChI is InChI=1S/C31H44N4O6/c1-20(32-29(38)23-10-7-15-35(3)18-23)28(37)34-26(17-22-11-13-24(40-4)14-12-22)30(39)33-25(16-21-8-5-6-9-21)27(36)31(2)19-41-31/h8,11-14,20,23,25-26H,5-7,9-10,15-19H2,1-4H3,(H,32,38)(H,33,39)(H,34,37). The van der Waals surface area contributed by atoms with Crippen molar-refractivity contribution >= 4 is 23.5 Å². The molecule has 2 aliphatic heterocycles. The molecule has 2 saturated heterocycles. The highest BCUT2D eigenvalue weighted by Gasteiger charge is 2.50. The molecule has 5 atom stereocenters. The number of hydrogen-bond donors (Lipinski definition) is 3. The van der Waals surface area contributed by atoms with Crippen LogP contribution in [0.1, 0.15) is 57.9 Å². The van der Waals surface area contributed by atoms with E-state index in [1.54, 1.807) is 33.1 Å². The first-order chi connectivity index (χ1) is 19.6. The Bertz CT molecular complexity index is 1150. The molecule has 224 valence electrons. The molecule has 0 saturated carbocycles. The number of methoxy groups -OCH3 is 1. The number of carbonyl (C=O) groups excluding carboxylic acids is 4. The van der Waals surface area contributed by atoms with Gasteiger partial charge in [-0.25, -0.2) is 0 Å². The predicted molar refractivity (Wildman–Crippen MR) is 154 cm³/mol. The Hall–Kier alpha value is -3.24. The molecule has 10 nitrogen and oxygen atoms in total. The third-order valence-corrected chi connectivity index (χ3v) is 8.31. The predicted octanol–water partition coefficient (Wildman–Crippen LogP) is 1.91. The Kier molecular flexibility index (Phi) is 10.2. The molecular formula is C31H44N4O6.